The molecule has 0 aromatic heterocycles. The summed E-state index contributed by atoms with van der Waals surface area (Å²) in [4.78, 5) is 12.9. The normalized spacial score (nSPS) is 11.3. The number of hydrogen-bond donors (Lipinski definition) is 1. The molecule has 0 heterocycles. The largest absolute Gasteiger partial charge is 0.490 e. The van der Waals surface area contributed by atoms with Gasteiger partial charge in [0.25, 0.3) is 15.9 Å². The summed E-state index contributed by atoms with van der Waals surface area (Å²) in [6, 6.07) is 27.3. The van der Waals surface area contributed by atoms with E-state index in [0.717, 1.165) is 9.87 Å². The summed E-state index contributed by atoms with van der Waals surface area (Å²) >= 11 is 9.31. The van der Waals surface area contributed by atoms with E-state index in [0.29, 0.717) is 45.5 Å². The number of hydrogen-bond acceptors (Lipinski definition) is 6. The Kier molecular flexibility index (Phi) is 10.4. The molecule has 0 aliphatic rings. The topological polar surface area (TPSA) is 97.3 Å². The number of nitrogens with one attached hydrogen (secondary N) is 1. The summed E-state index contributed by atoms with van der Waals surface area (Å²) in [5, 5.41) is 4.68. The van der Waals surface area contributed by atoms with E-state index in [1.165, 1.54) is 18.3 Å². The number of ether oxygens (including phenoxy) is 2. The highest BCUT2D eigenvalue weighted by atomic mass is 79.9. The lowest BCUT2D eigenvalue weighted by Gasteiger charge is -2.23. The lowest BCUT2D eigenvalue weighted by Crippen LogP contribution is -2.39. The van der Waals surface area contributed by atoms with E-state index in [1.807, 2.05) is 19.1 Å². The Hall–Kier alpha value is -3.86. The number of carbonyl (C=O) groups is 1. The fourth-order valence-electron chi connectivity index (χ4n) is 3.74. The molecule has 0 saturated carbocycles. The Bertz CT molecular complexity index is 1620. The van der Waals surface area contributed by atoms with Gasteiger partial charge in [-0.05, 0) is 78.7 Å². The van der Waals surface area contributed by atoms with Crippen LogP contribution in [-0.2, 0) is 21.4 Å². The average Bonchev–Trinajstić information content (AvgIpc) is 2.97. The first kappa shape index (κ1) is 30.1. The van der Waals surface area contributed by atoms with Crippen LogP contribution in [0.1, 0.15) is 18.1 Å². The number of halogens is 2. The smallest absolute Gasteiger partial charge is 0.264 e. The van der Waals surface area contributed by atoms with Crippen molar-refractivity contribution in [1.82, 2.24) is 5.43 Å². The van der Waals surface area contributed by atoms with E-state index >= 15 is 0 Å². The van der Waals surface area contributed by atoms with Crippen LogP contribution in [0.15, 0.2) is 112 Å². The molecule has 0 saturated heterocycles. The van der Waals surface area contributed by atoms with Crippen molar-refractivity contribution < 1.29 is 22.7 Å². The van der Waals surface area contributed by atoms with E-state index in [-0.39, 0.29) is 4.90 Å². The number of anilines is 1. The molecule has 0 radical (unpaired) electrons. The molecule has 41 heavy (non-hydrogen) atoms. The van der Waals surface area contributed by atoms with Crippen molar-refractivity contribution in [3.63, 3.8) is 0 Å². The van der Waals surface area contributed by atoms with Gasteiger partial charge in [0.2, 0.25) is 0 Å². The van der Waals surface area contributed by atoms with Crippen LogP contribution in [0.3, 0.4) is 0 Å². The second-order valence-corrected chi connectivity index (χ2v) is 11.9. The lowest BCUT2D eigenvalue weighted by atomic mass is 10.2. The van der Waals surface area contributed by atoms with Gasteiger partial charge in [0.1, 0.15) is 13.2 Å². The summed E-state index contributed by atoms with van der Waals surface area (Å²) in [5.74, 6) is 0.457. The van der Waals surface area contributed by atoms with Crippen LogP contribution in [0, 0.1) is 0 Å². The number of hydrazone groups is 1. The highest BCUT2D eigenvalue weighted by molar-refractivity contribution is 9.10. The zero-order valence-corrected chi connectivity index (χ0v) is 25.2. The van der Waals surface area contributed by atoms with Crippen molar-refractivity contribution in [3.8, 4) is 11.5 Å². The predicted octanol–water partition coefficient (Wildman–Crippen LogP) is 6.43. The summed E-state index contributed by atoms with van der Waals surface area (Å²) in [6.45, 7) is 2.15. The third kappa shape index (κ3) is 8.32. The number of carbonyl (C=O) groups excluding carboxylic acids is 1. The number of rotatable bonds is 12. The zero-order valence-electron chi connectivity index (χ0n) is 22.0. The monoisotopic (exact) mass is 655 g/mol. The zero-order chi connectivity index (χ0) is 29.2. The van der Waals surface area contributed by atoms with Crippen LogP contribution in [0.5, 0.6) is 11.5 Å². The Morgan fingerprint density at radius 1 is 0.951 bits per heavy atom. The summed E-state index contributed by atoms with van der Waals surface area (Å²) in [7, 11) is -4.02. The first-order valence-electron chi connectivity index (χ1n) is 12.6. The Labute approximate surface area is 252 Å². The first-order chi connectivity index (χ1) is 19.8. The summed E-state index contributed by atoms with van der Waals surface area (Å²) < 4.78 is 40.2. The number of amides is 1. The van der Waals surface area contributed by atoms with Crippen LogP contribution in [0.25, 0.3) is 0 Å². The van der Waals surface area contributed by atoms with E-state index in [9.17, 15) is 13.2 Å². The SMILES string of the molecule is CCOc1cc(/C=N\NC(=O)CN(c2cccc(Br)c2)S(=O)(=O)c2ccccc2)ccc1OCc1ccc(Cl)cc1. The molecule has 0 aliphatic carbocycles. The van der Waals surface area contributed by atoms with Crippen LogP contribution < -0.4 is 19.2 Å². The third-order valence-corrected chi connectivity index (χ3v) is 8.23. The maximum absolute atomic E-state index is 13.4. The third-order valence-electron chi connectivity index (χ3n) is 5.69. The molecular weight excluding hydrogens is 630 g/mol. The summed E-state index contributed by atoms with van der Waals surface area (Å²) in [5.41, 5.74) is 4.35. The average molecular weight is 657 g/mol. The molecule has 1 amide bonds. The van der Waals surface area contributed by atoms with Crippen LogP contribution in [0.4, 0.5) is 5.69 Å². The van der Waals surface area contributed by atoms with Crippen LogP contribution in [0.2, 0.25) is 5.02 Å². The van der Waals surface area contributed by atoms with Gasteiger partial charge in [0, 0.05) is 9.50 Å². The fraction of sp³-hybridized carbons (Fsp3) is 0.133. The Morgan fingerprint density at radius 3 is 2.41 bits per heavy atom. The Morgan fingerprint density at radius 2 is 1.71 bits per heavy atom. The van der Waals surface area contributed by atoms with E-state index in [1.54, 1.807) is 72.8 Å². The van der Waals surface area contributed by atoms with Gasteiger partial charge in [-0.2, -0.15) is 5.10 Å². The predicted molar refractivity (Wildman–Crippen MR) is 164 cm³/mol. The van der Waals surface area contributed by atoms with Crippen molar-refractivity contribution in [1.29, 1.82) is 0 Å². The molecule has 0 fully saturated rings. The molecule has 4 aromatic rings. The number of sulfonamides is 1. The van der Waals surface area contributed by atoms with Gasteiger partial charge in [-0.15, -0.1) is 0 Å². The number of nitrogens with zero attached hydrogens (tertiary/aromatic N) is 2. The van der Waals surface area contributed by atoms with Gasteiger partial charge in [-0.3, -0.25) is 9.10 Å². The van der Waals surface area contributed by atoms with Crippen molar-refractivity contribution in [2.45, 2.75) is 18.4 Å². The highest BCUT2D eigenvalue weighted by Crippen LogP contribution is 2.29. The minimum absolute atomic E-state index is 0.0677. The standard InChI is InChI=1S/C30H27BrClN3O5S/c1-2-39-29-17-23(13-16-28(29)40-21-22-11-14-25(32)15-12-22)19-33-34-30(36)20-35(26-8-6-7-24(31)18-26)41(37,38)27-9-4-3-5-10-27/h3-19H,2,20-21H2,1H3,(H,34,36)/b33-19-. The molecule has 0 unspecified atom stereocenters. The lowest BCUT2D eigenvalue weighted by molar-refractivity contribution is -0.119. The van der Waals surface area contributed by atoms with Crippen LogP contribution >= 0.6 is 27.5 Å². The molecule has 212 valence electrons. The van der Waals surface area contributed by atoms with Gasteiger partial charge in [-0.1, -0.05) is 63.9 Å². The second-order valence-electron chi connectivity index (χ2n) is 8.65. The molecule has 0 bridgehead atoms. The van der Waals surface area contributed by atoms with Gasteiger partial charge >= 0.3 is 0 Å². The van der Waals surface area contributed by atoms with Crippen molar-refractivity contribution in [2.75, 3.05) is 17.5 Å². The van der Waals surface area contributed by atoms with Gasteiger partial charge in [-0.25, -0.2) is 13.8 Å². The molecule has 4 rings (SSSR count). The van der Waals surface area contributed by atoms with E-state index in [2.05, 4.69) is 26.5 Å². The van der Waals surface area contributed by atoms with Crippen molar-refractivity contribution >= 4 is 55.4 Å². The van der Waals surface area contributed by atoms with E-state index < -0.39 is 22.5 Å². The summed E-state index contributed by atoms with van der Waals surface area (Å²) in [6.07, 6.45) is 1.44. The first-order valence-corrected chi connectivity index (χ1v) is 15.2. The van der Waals surface area contributed by atoms with Gasteiger partial charge in [0.15, 0.2) is 11.5 Å². The van der Waals surface area contributed by atoms with Gasteiger partial charge < -0.3 is 9.47 Å². The molecule has 0 atom stereocenters. The molecule has 4 aromatic carbocycles. The minimum Gasteiger partial charge on any atom is -0.490 e. The molecule has 0 aliphatic heterocycles. The second kappa shape index (κ2) is 14.2. The molecule has 1 N–H and O–H groups in total. The van der Waals surface area contributed by atoms with Crippen molar-refractivity contribution in [3.05, 3.63) is 118 Å². The number of benzene rings is 4. The van der Waals surface area contributed by atoms with Crippen molar-refractivity contribution in [2.24, 2.45) is 5.10 Å². The fourth-order valence-corrected chi connectivity index (χ4v) is 5.69. The maximum Gasteiger partial charge on any atom is 0.264 e. The molecule has 11 heteroatoms. The maximum atomic E-state index is 13.4. The minimum atomic E-state index is -4.02. The molecule has 8 nitrogen and oxygen atoms in total. The van der Waals surface area contributed by atoms with Crippen LogP contribution in [-0.4, -0.2) is 33.7 Å². The molecule has 0 spiro atoms. The van der Waals surface area contributed by atoms with Gasteiger partial charge in [0.05, 0.1) is 23.4 Å². The quantitative estimate of drug-likeness (QED) is 0.140. The molecular formula is C30H27BrClN3O5S. The Balaban J connectivity index is 1.46. The van der Waals surface area contributed by atoms with E-state index in [4.69, 9.17) is 21.1 Å². The highest BCUT2D eigenvalue weighted by Gasteiger charge is 2.27.